The van der Waals surface area contributed by atoms with E-state index in [0.29, 0.717) is 12.1 Å². The Morgan fingerprint density at radius 2 is 2.21 bits per heavy atom. The zero-order chi connectivity index (χ0) is 13.5. The molecule has 0 aliphatic rings. The Hall–Kier alpha value is -2.28. The molecule has 0 aliphatic carbocycles. The van der Waals surface area contributed by atoms with Gasteiger partial charge in [0, 0.05) is 30.9 Å². The van der Waals surface area contributed by atoms with E-state index in [1.165, 1.54) is 6.07 Å². The van der Waals surface area contributed by atoms with Crippen molar-refractivity contribution in [2.24, 2.45) is 0 Å². The van der Waals surface area contributed by atoms with Crippen LogP contribution in [0.3, 0.4) is 0 Å². The first-order valence-corrected chi connectivity index (χ1v) is 6.04. The molecule has 0 radical (unpaired) electrons. The molecule has 19 heavy (non-hydrogen) atoms. The van der Waals surface area contributed by atoms with Gasteiger partial charge in [-0.15, -0.1) is 5.10 Å². The molecule has 7 heteroatoms. The first-order valence-electron chi connectivity index (χ1n) is 6.04. The van der Waals surface area contributed by atoms with E-state index < -0.39 is 0 Å². The van der Waals surface area contributed by atoms with E-state index in [4.69, 9.17) is 0 Å². The minimum atomic E-state index is -0.355. The zero-order valence-electron chi connectivity index (χ0n) is 10.4. The SMILES string of the molecule is O=[N+]([O-])c1ccccc1CNCCCn1ccnn1. The van der Waals surface area contributed by atoms with Crippen LogP contribution in [0.5, 0.6) is 0 Å². The molecule has 0 bridgehead atoms. The van der Waals surface area contributed by atoms with Crippen LogP contribution in [0.1, 0.15) is 12.0 Å². The summed E-state index contributed by atoms with van der Waals surface area (Å²) in [6.45, 7) is 2.05. The van der Waals surface area contributed by atoms with E-state index in [1.54, 1.807) is 29.1 Å². The molecule has 1 aromatic carbocycles. The molecule has 0 saturated heterocycles. The Kier molecular flexibility index (Phi) is 4.57. The number of hydrogen-bond donors (Lipinski definition) is 1. The van der Waals surface area contributed by atoms with Crippen molar-refractivity contribution in [1.29, 1.82) is 0 Å². The quantitative estimate of drug-likeness (QED) is 0.462. The lowest BCUT2D eigenvalue weighted by molar-refractivity contribution is -0.385. The number of nitro groups is 1. The summed E-state index contributed by atoms with van der Waals surface area (Å²) in [6.07, 6.45) is 4.34. The molecule has 0 unspecified atom stereocenters. The van der Waals surface area contributed by atoms with Gasteiger partial charge in [-0.3, -0.25) is 14.8 Å². The maximum Gasteiger partial charge on any atom is 0.273 e. The second kappa shape index (κ2) is 6.60. The molecule has 0 aliphatic heterocycles. The predicted octanol–water partition coefficient (Wildman–Crippen LogP) is 1.37. The fourth-order valence-corrected chi connectivity index (χ4v) is 1.78. The van der Waals surface area contributed by atoms with Crippen molar-refractivity contribution in [3.05, 3.63) is 52.3 Å². The Bertz CT molecular complexity index is 527. The summed E-state index contributed by atoms with van der Waals surface area (Å²) in [7, 11) is 0. The minimum absolute atomic E-state index is 0.159. The van der Waals surface area contributed by atoms with Crippen molar-refractivity contribution in [1.82, 2.24) is 20.3 Å². The van der Waals surface area contributed by atoms with E-state index in [9.17, 15) is 10.1 Å². The lowest BCUT2D eigenvalue weighted by Gasteiger charge is -2.05. The third-order valence-electron chi connectivity index (χ3n) is 2.72. The highest BCUT2D eigenvalue weighted by Crippen LogP contribution is 2.16. The second-order valence-electron chi connectivity index (χ2n) is 4.08. The molecule has 0 amide bonds. The van der Waals surface area contributed by atoms with Crippen LogP contribution in [0.2, 0.25) is 0 Å². The van der Waals surface area contributed by atoms with E-state index in [1.807, 2.05) is 6.20 Å². The predicted molar refractivity (Wildman–Crippen MR) is 69.4 cm³/mol. The molecule has 1 N–H and O–H groups in total. The highest BCUT2D eigenvalue weighted by atomic mass is 16.6. The maximum absolute atomic E-state index is 10.8. The number of benzene rings is 1. The first kappa shape index (κ1) is 13.2. The molecule has 7 nitrogen and oxygen atoms in total. The van der Waals surface area contributed by atoms with Gasteiger partial charge in [0.15, 0.2) is 0 Å². The average molecular weight is 261 g/mol. The summed E-state index contributed by atoms with van der Waals surface area (Å²) in [6, 6.07) is 6.76. The van der Waals surface area contributed by atoms with Crippen molar-refractivity contribution in [2.45, 2.75) is 19.5 Å². The average Bonchev–Trinajstić information content (AvgIpc) is 2.92. The molecule has 1 heterocycles. The molecule has 0 fully saturated rings. The second-order valence-corrected chi connectivity index (χ2v) is 4.08. The summed E-state index contributed by atoms with van der Waals surface area (Å²) in [4.78, 5) is 10.5. The molecular formula is C12H15N5O2. The summed E-state index contributed by atoms with van der Waals surface area (Å²) in [5.41, 5.74) is 0.861. The van der Waals surface area contributed by atoms with Gasteiger partial charge in [-0.2, -0.15) is 0 Å². The number of para-hydroxylation sites is 1. The third kappa shape index (κ3) is 3.85. The molecule has 2 rings (SSSR count). The van der Waals surface area contributed by atoms with Gasteiger partial charge in [0.1, 0.15) is 0 Å². The number of hydrogen-bond acceptors (Lipinski definition) is 5. The number of nitrogens with zero attached hydrogens (tertiary/aromatic N) is 4. The Balaban J connectivity index is 1.75. The summed E-state index contributed by atoms with van der Waals surface area (Å²) in [5.74, 6) is 0. The van der Waals surface area contributed by atoms with Gasteiger partial charge in [-0.05, 0) is 13.0 Å². The fraction of sp³-hybridized carbons (Fsp3) is 0.333. The van der Waals surface area contributed by atoms with Crippen molar-refractivity contribution in [3.8, 4) is 0 Å². The van der Waals surface area contributed by atoms with Crippen LogP contribution in [0.4, 0.5) is 5.69 Å². The van der Waals surface area contributed by atoms with Gasteiger partial charge in [0.2, 0.25) is 0 Å². The molecule has 0 atom stereocenters. The first-order chi connectivity index (χ1) is 9.27. The smallest absolute Gasteiger partial charge is 0.273 e. The van der Waals surface area contributed by atoms with Gasteiger partial charge in [0.05, 0.1) is 11.1 Å². The number of aromatic nitrogens is 3. The monoisotopic (exact) mass is 261 g/mol. The summed E-state index contributed by atoms with van der Waals surface area (Å²) in [5, 5.41) is 21.6. The zero-order valence-corrected chi connectivity index (χ0v) is 10.4. The standard InChI is InChI=1S/C12H15N5O2/c18-17(19)12-5-2-1-4-11(12)10-13-6-3-8-16-9-7-14-15-16/h1-2,4-5,7,9,13H,3,6,8,10H2. The van der Waals surface area contributed by atoms with Crippen LogP contribution < -0.4 is 5.32 Å². The van der Waals surface area contributed by atoms with Crippen LogP contribution in [0.15, 0.2) is 36.7 Å². The molecule has 1 aromatic heterocycles. The van der Waals surface area contributed by atoms with E-state index in [-0.39, 0.29) is 10.6 Å². The molecule has 100 valence electrons. The maximum atomic E-state index is 10.8. The van der Waals surface area contributed by atoms with Crippen LogP contribution in [-0.4, -0.2) is 26.5 Å². The molecule has 0 saturated carbocycles. The van der Waals surface area contributed by atoms with E-state index in [2.05, 4.69) is 15.6 Å². The fourth-order valence-electron chi connectivity index (χ4n) is 1.78. The van der Waals surface area contributed by atoms with Gasteiger partial charge >= 0.3 is 0 Å². The molecule has 2 aromatic rings. The summed E-state index contributed by atoms with van der Waals surface area (Å²) < 4.78 is 1.76. The minimum Gasteiger partial charge on any atom is -0.312 e. The number of nitro benzene ring substituents is 1. The largest absolute Gasteiger partial charge is 0.312 e. The van der Waals surface area contributed by atoms with Gasteiger partial charge in [-0.1, -0.05) is 23.4 Å². The van der Waals surface area contributed by atoms with Crippen molar-refractivity contribution in [2.75, 3.05) is 6.54 Å². The normalized spacial score (nSPS) is 10.5. The van der Waals surface area contributed by atoms with E-state index >= 15 is 0 Å². The lowest BCUT2D eigenvalue weighted by atomic mass is 10.2. The highest BCUT2D eigenvalue weighted by molar-refractivity contribution is 5.39. The Morgan fingerprint density at radius 1 is 1.37 bits per heavy atom. The number of nitrogens with one attached hydrogen (secondary N) is 1. The van der Waals surface area contributed by atoms with Crippen molar-refractivity contribution in [3.63, 3.8) is 0 Å². The lowest BCUT2D eigenvalue weighted by Crippen LogP contribution is -2.17. The number of aryl methyl sites for hydroxylation is 1. The number of rotatable bonds is 7. The van der Waals surface area contributed by atoms with Crippen LogP contribution >= 0.6 is 0 Å². The van der Waals surface area contributed by atoms with E-state index in [0.717, 1.165) is 19.5 Å². The van der Waals surface area contributed by atoms with Crippen molar-refractivity contribution < 1.29 is 4.92 Å². The van der Waals surface area contributed by atoms with Gasteiger partial charge < -0.3 is 5.32 Å². The van der Waals surface area contributed by atoms with Gasteiger partial charge in [-0.25, -0.2) is 0 Å². The molecule has 0 spiro atoms. The Morgan fingerprint density at radius 3 is 2.95 bits per heavy atom. The van der Waals surface area contributed by atoms with Gasteiger partial charge in [0.25, 0.3) is 5.69 Å². The van der Waals surface area contributed by atoms with Crippen LogP contribution in [-0.2, 0) is 13.1 Å². The topological polar surface area (TPSA) is 85.9 Å². The summed E-state index contributed by atoms with van der Waals surface area (Å²) >= 11 is 0. The van der Waals surface area contributed by atoms with Crippen molar-refractivity contribution >= 4 is 5.69 Å². The van der Waals surface area contributed by atoms with Crippen LogP contribution in [0.25, 0.3) is 0 Å². The highest BCUT2D eigenvalue weighted by Gasteiger charge is 2.10. The third-order valence-corrected chi connectivity index (χ3v) is 2.72. The molecular weight excluding hydrogens is 246 g/mol. The van der Waals surface area contributed by atoms with Crippen LogP contribution in [0, 0.1) is 10.1 Å². The Labute approximate surface area is 110 Å².